The number of nitrogen functional groups attached to an aromatic ring is 1. The van der Waals surface area contributed by atoms with Crippen molar-refractivity contribution in [2.24, 2.45) is 0 Å². The number of aromatic amines is 1. The molecule has 3 aromatic rings. The van der Waals surface area contributed by atoms with Crippen molar-refractivity contribution in [2.45, 2.75) is 30.8 Å². The van der Waals surface area contributed by atoms with Gasteiger partial charge in [-0.3, -0.25) is 18.9 Å². The van der Waals surface area contributed by atoms with Gasteiger partial charge in [0.1, 0.15) is 24.1 Å². The van der Waals surface area contributed by atoms with E-state index in [9.17, 15) is 28.3 Å². The number of hydrogen-bond donors (Lipinski definition) is 6. The van der Waals surface area contributed by atoms with E-state index >= 15 is 0 Å². The molecule has 4 heterocycles. The Morgan fingerprint density at radius 1 is 1.02 bits per heavy atom. The van der Waals surface area contributed by atoms with Crippen LogP contribution in [0.4, 0.5) is 5.95 Å². The normalized spacial score (nSPS) is 27.4. The molecule has 41 heavy (non-hydrogen) atoms. The van der Waals surface area contributed by atoms with Crippen LogP contribution in [-0.4, -0.2) is 71.1 Å². The summed E-state index contributed by atoms with van der Waals surface area (Å²) < 4.78 is 71.6. The highest BCUT2D eigenvalue weighted by molar-refractivity contribution is 7.66. The molecule has 20 nitrogen and oxygen atoms in total. The number of rotatable bonds is 10. The summed E-state index contributed by atoms with van der Waals surface area (Å²) in [5, 5.41) is 0. The number of nitrogens with two attached hydrogens (primary N) is 1. The summed E-state index contributed by atoms with van der Waals surface area (Å²) in [7, 11) is -15.3. The smallest absolute Gasteiger partial charge is 0.490 e. The van der Waals surface area contributed by atoms with Crippen molar-refractivity contribution in [1.29, 1.82) is 0 Å². The highest BCUT2D eigenvalue weighted by atomic mass is 31.3. The third-order valence-corrected chi connectivity index (χ3v) is 9.58. The minimum absolute atomic E-state index is 0.0278. The van der Waals surface area contributed by atoms with Gasteiger partial charge in [-0.25, -0.2) is 18.7 Å². The molecule has 2 aliphatic rings. The molecule has 224 valence electrons. The molecule has 7 atom stereocenters. The van der Waals surface area contributed by atoms with Crippen molar-refractivity contribution < 1.29 is 65.4 Å². The van der Waals surface area contributed by atoms with Crippen molar-refractivity contribution in [3.05, 3.63) is 46.5 Å². The molecule has 0 bridgehead atoms. The van der Waals surface area contributed by atoms with Gasteiger partial charge in [-0.15, -0.1) is 0 Å². The van der Waals surface area contributed by atoms with Gasteiger partial charge in [0, 0.05) is 5.56 Å². The molecule has 3 unspecified atom stereocenters. The second kappa shape index (κ2) is 10.9. The SMILES string of the molecule is COc1ccc(C2O[C@@H]3[C@H](O2)[C@H](n2cnc4c(=O)[nH]c(N)nc42)O[C@@H]3COP(=O)(O)OP(=O)(O)OP(=O)(O)O)cc1. The maximum atomic E-state index is 12.3. The molecule has 0 spiro atoms. The van der Waals surface area contributed by atoms with Gasteiger partial charge in [-0.2, -0.15) is 13.6 Å². The number of fused-ring (bicyclic) bond motifs is 2. The van der Waals surface area contributed by atoms with E-state index in [0.29, 0.717) is 11.3 Å². The number of ether oxygens (including phenoxy) is 4. The minimum Gasteiger partial charge on any atom is -0.497 e. The number of benzene rings is 1. The van der Waals surface area contributed by atoms with Crippen molar-refractivity contribution in [2.75, 3.05) is 19.5 Å². The van der Waals surface area contributed by atoms with E-state index in [1.54, 1.807) is 24.3 Å². The van der Waals surface area contributed by atoms with Crippen LogP contribution in [0.2, 0.25) is 0 Å². The van der Waals surface area contributed by atoms with Crippen LogP contribution in [0.25, 0.3) is 11.2 Å². The molecule has 2 fully saturated rings. The zero-order valence-electron chi connectivity index (χ0n) is 20.5. The van der Waals surface area contributed by atoms with Gasteiger partial charge in [-0.05, 0) is 12.1 Å². The summed E-state index contributed by atoms with van der Waals surface area (Å²) in [6, 6.07) is 6.68. The number of phosphoric ester groups is 1. The van der Waals surface area contributed by atoms with Crippen LogP contribution in [0.3, 0.4) is 0 Å². The van der Waals surface area contributed by atoms with Gasteiger partial charge in [0.15, 0.2) is 23.7 Å². The van der Waals surface area contributed by atoms with Crippen LogP contribution in [0.5, 0.6) is 5.75 Å². The first-order valence-corrected chi connectivity index (χ1v) is 15.8. The van der Waals surface area contributed by atoms with Gasteiger partial charge in [0.05, 0.1) is 20.0 Å². The second-order valence-corrected chi connectivity index (χ2v) is 13.0. The van der Waals surface area contributed by atoms with Crippen LogP contribution in [-0.2, 0) is 41.1 Å². The average Bonchev–Trinajstić information content (AvgIpc) is 3.54. The fourth-order valence-electron chi connectivity index (χ4n) is 4.21. The predicted molar refractivity (Wildman–Crippen MR) is 132 cm³/mol. The fourth-order valence-corrected chi connectivity index (χ4v) is 7.24. The van der Waals surface area contributed by atoms with Crippen molar-refractivity contribution >= 4 is 40.6 Å². The van der Waals surface area contributed by atoms with Crippen LogP contribution < -0.4 is 16.0 Å². The highest BCUT2D eigenvalue weighted by Crippen LogP contribution is 2.66. The molecule has 5 rings (SSSR count). The predicted octanol–water partition coefficient (Wildman–Crippen LogP) is 0.434. The molecule has 0 saturated carbocycles. The van der Waals surface area contributed by atoms with Gasteiger partial charge >= 0.3 is 23.5 Å². The Balaban J connectivity index is 1.41. The number of phosphoric acid groups is 3. The molecular formula is C18H22N5O15P3. The Hall–Kier alpha value is -2.54. The first-order chi connectivity index (χ1) is 19.1. The van der Waals surface area contributed by atoms with E-state index in [2.05, 4.69) is 23.6 Å². The number of nitrogens with one attached hydrogen (secondary N) is 1. The van der Waals surface area contributed by atoms with E-state index in [1.165, 1.54) is 18.0 Å². The molecule has 7 N–H and O–H groups in total. The van der Waals surface area contributed by atoms with Crippen LogP contribution in [0.15, 0.2) is 35.4 Å². The van der Waals surface area contributed by atoms with Crippen molar-refractivity contribution in [1.82, 2.24) is 19.5 Å². The van der Waals surface area contributed by atoms with E-state index < -0.39 is 66.5 Å². The number of imidazole rings is 1. The maximum absolute atomic E-state index is 12.3. The van der Waals surface area contributed by atoms with Crippen molar-refractivity contribution in [3.8, 4) is 5.75 Å². The first kappa shape index (κ1) is 29.9. The van der Waals surface area contributed by atoms with Gasteiger partial charge in [-0.1, -0.05) is 12.1 Å². The van der Waals surface area contributed by atoms with Crippen LogP contribution in [0.1, 0.15) is 18.1 Å². The molecule has 0 amide bonds. The van der Waals surface area contributed by atoms with Crippen LogP contribution in [0, 0.1) is 0 Å². The Morgan fingerprint density at radius 2 is 1.71 bits per heavy atom. The lowest BCUT2D eigenvalue weighted by molar-refractivity contribution is -0.152. The van der Waals surface area contributed by atoms with E-state index in [1.807, 2.05) is 0 Å². The standard InChI is InChI=1S/C18H22N5O15P3/c1-32-9-4-2-8(3-5-9)17-35-12-10(6-33-40(28,29)38-41(30,31)37-39(25,26)27)34-16(13(12)36-17)23-7-20-11-14(23)21-18(19)22-15(11)24/h2-5,7,10,12-13,16-17H,6H2,1H3,(H,28,29)(H,30,31)(H2,25,26,27)(H3,19,21,22,24)/t10-,12+,13+,16-,17?/m1/s1. The number of nitrogens with zero attached hydrogens (tertiary/aromatic N) is 3. The van der Waals surface area contributed by atoms with E-state index in [-0.39, 0.29) is 17.1 Å². The minimum atomic E-state index is -5.74. The summed E-state index contributed by atoms with van der Waals surface area (Å²) in [6.45, 7) is -0.817. The van der Waals surface area contributed by atoms with Gasteiger partial charge < -0.3 is 44.3 Å². The fraction of sp³-hybridized carbons (Fsp3) is 0.389. The summed E-state index contributed by atoms with van der Waals surface area (Å²) in [5.74, 6) is 0.364. The zero-order valence-corrected chi connectivity index (χ0v) is 23.2. The highest BCUT2D eigenvalue weighted by Gasteiger charge is 2.55. The largest absolute Gasteiger partial charge is 0.497 e. The van der Waals surface area contributed by atoms with E-state index in [4.69, 9.17) is 39.0 Å². The number of H-pyrrole nitrogens is 1. The molecule has 2 aliphatic heterocycles. The number of hydrogen-bond acceptors (Lipinski definition) is 14. The first-order valence-electron chi connectivity index (χ1n) is 11.3. The topological polar surface area (TPSA) is 286 Å². The third kappa shape index (κ3) is 6.60. The summed E-state index contributed by atoms with van der Waals surface area (Å²) in [6.07, 6.45) is -3.99. The lowest BCUT2D eigenvalue weighted by Gasteiger charge is -2.22. The van der Waals surface area contributed by atoms with Crippen LogP contribution >= 0.6 is 23.5 Å². The Labute approximate surface area is 228 Å². The average molecular weight is 641 g/mol. The molecule has 0 radical (unpaired) electrons. The monoisotopic (exact) mass is 641 g/mol. The molecule has 2 saturated heterocycles. The van der Waals surface area contributed by atoms with Gasteiger partial charge in [0.25, 0.3) is 5.56 Å². The molecule has 2 aromatic heterocycles. The molecule has 23 heteroatoms. The number of aromatic nitrogens is 4. The summed E-state index contributed by atoms with van der Waals surface area (Å²) in [4.78, 5) is 59.4. The third-order valence-electron chi connectivity index (χ3n) is 5.78. The summed E-state index contributed by atoms with van der Waals surface area (Å²) >= 11 is 0. The molecular weight excluding hydrogens is 619 g/mol. The Morgan fingerprint density at radius 3 is 2.37 bits per heavy atom. The molecule has 1 aromatic carbocycles. The van der Waals surface area contributed by atoms with E-state index in [0.717, 1.165) is 0 Å². The Kier molecular flexibility index (Phi) is 7.99. The lowest BCUT2D eigenvalue weighted by Crippen LogP contribution is -2.31. The molecule has 0 aliphatic carbocycles. The maximum Gasteiger partial charge on any atom is 0.490 e. The Bertz CT molecular complexity index is 1640. The zero-order chi connectivity index (χ0) is 29.7. The number of methoxy groups -OCH3 is 1. The van der Waals surface area contributed by atoms with Crippen molar-refractivity contribution in [3.63, 3.8) is 0 Å². The lowest BCUT2D eigenvalue weighted by atomic mass is 10.1. The summed E-state index contributed by atoms with van der Waals surface area (Å²) in [5.41, 5.74) is 5.59. The quantitative estimate of drug-likeness (QED) is 0.164. The number of anilines is 1. The second-order valence-electron chi connectivity index (χ2n) is 8.53. The van der Waals surface area contributed by atoms with Gasteiger partial charge in [0.2, 0.25) is 5.95 Å².